The number of ether oxygens (including phenoxy) is 2. The van der Waals surface area contributed by atoms with Crippen molar-refractivity contribution >= 4 is 36.0 Å². The number of aliphatic imine (C=N–C) groups is 1. The fourth-order valence-corrected chi connectivity index (χ4v) is 2.64. The van der Waals surface area contributed by atoms with Gasteiger partial charge in [0, 0.05) is 32.8 Å². The van der Waals surface area contributed by atoms with E-state index in [1.54, 1.807) is 0 Å². The lowest BCUT2D eigenvalue weighted by Crippen LogP contribution is -2.47. The molecule has 0 spiro atoms. The second-order valence-electron chi connectivity index (χ2n) is 7.30. The quantitative estimate of drug-likeness (QED) is 0.204. The van der Waals surface area contributed by atoms with Gasteiger partial charge in [-0.1, -0.05) is 0 Å². The van der Waals surface area contributed by atoms with Crippen LogP contribution in [-0.4, -0.2) is 79.7 Å². The van der Waals surface area contributed by atoms with Gasteiger partial charge in [0.15, 0.2) is 5.96 Å². The van der Waals surface area contributed by atoms with Crippen LogP contribution in [-0.2, 0) is 9.47 Å². The van der Waals surface area contributed by atoms with Crippen LogP contribution in [0.15, 0.2) is 4.99 Å². The van der Waals surface area contributed by atoms with E-state index in [0.29, 0.717) is 19.7 Å². The smallest absolute Gasteiger partial charge is 0.407 e. The maximum atomic E-state index is 11.5. The molecule has 160 valence electrons. The number of aliphatic hydroxyl groups excluding tert-OH is 1. The molecular weight excluding hydrogens is 463 g/mol. The molecule has 9 heteroatoms. The first-order valence-electron chi connectivity index (χ1n) is 9.58. The summed E-state index contributed by atoms with van der Waals surface area (Å²) in [6, 6.07) is 0. The summed E-state index contributed by atoms with van der Waals surface area (Å²) < 4.78 is 11.1. The summed E-state index contributed by atoms with van der Waals surface area (Å²) >= 11 is 0. The Balaban J connectivity index is 0.00000676. The van der Waals surface area contributed by atoms with Crippen LogP contribution in [0.3, 0.4) is 0 Å². The van der Waals surface area contributed by atoms with E-state index in [1.165, 1.54) is 0 Å². The van der Waals surface area contributed by atoms with Gasteiger partial charge in [-0.05, 0) is 47.0 Å². The Kier molecular flexibility index (Phi) is 13.8. The number of hydrogen-bond donors (Lipinski definition) is 3. The second kappa shape index (κ2) is 14.2. The van der Waals surface area contributed by atoms with Gasteiger partial charge in [-0.25, -0.2) is 4.79 Å². The van der Waals surface area contributed by atoms with Crippen molar-refractivity contribution in [1.82, 2.24) is 15.5 Å². The summed E-state index contributed by atoms with van der Waals surface area (Å²) in [5, 5.41) is 14.9. The maximum Gasteiger partial charge on any atom is 0.407 e. The summed E-state index contributed by atoms with van der Waals surface area (Å²) in [7, 11) is 0. The number of aliphatic hydroxyl groups is 1. The zero-order chi connectivity index (χ0) is 19.4. The second-order valence-corrected chi connectivity index (χ2v) is 7.30. The SMILES string of the molecule is CCNC(=NCCO)N1CCC(OCCCNC(=O)OC(C)(C)C)CC1.I. The van der Waals surface area contributed by atoms with Crippen molar-refractivity contribution < 1.29 is 19.4 Å². The van der Waals surface area contributed by atoms with Crippen LogP contribution >= 0.6 is 24.0 Å². The molecule has 3 N–H and O–H groups in total. The number of likely N-dealkylation sites (tertiary alicyclic amines) is 1. The van der Waals surface area contributed by atoms with Crippen LogP contribution in [0.25, 0.3) is 0 Å². The molecule has 1 aliphatic heterocycles. The predicted octanol–water partition coefficient (Wildman–Crippen LogP) is 1.96. The van der Waals surface area contributed by atoms with Crippen LogP contribution < -0.4 is 10.6 Å². The first-order valence-corrected chi connectivity index (χ1v) is 9.58. The van der Waals surface area contributed by atoms with Gasteiger partial charge in [0.25, 0.3) is 0 Å². The van der Waals surface area contributed by atoms with E-state index in [-0.39, 0.29) is 42.8 Å². The fraction of sp³-hybridized carbons (Fsp3) is 0.889. The molecule has 0 bridgehead atoms. The number of halogens is 1. The molecule has 0 atom stereocenters. The number of alkyl carbamates (subject to hydrolysis) is 1. The molecule has 0 saturated carbocycles. The van der Waals surface area contributed by atoms with Crippen LogP contribution in [0.4, 0.5) is 4.79 Å². The van der Waals surface area contributed by atoms with Crippen molar-refractivity contribution in [2.45, 2.75) is 58.7 Å². The average molecular weight is 500 g/mol. The van der Waals surface area contributed by atoms with Crippen LogP contribution in [0, 0.1) is 0 Å². The fourth-order valence-electron chi connectivity index (χ4n) is 2.64. The normalized spacial score (nSPS) is 15.9. The molecule has 1 saturated heterocycles. The van der Waals surface area contributed by atoms with Gasteiger partial charge in [-0.3, -0.25) is 4.99 Å². The lowest BCUT2D eigenvalue weighted by atomic mass is 10.1. The summed E-state index contributed by atoms with van der Waals surface area (Å²) in [5.74, 6) is 0.863. The van der Waals surface area contributed by atoms with E-state index in [0.717, 1.165) is 44.9 Å². The monoisotopic (exact) mass is 500 g/mol. The van der Waals surface area contributed by atoms with Gasteiger partial charge in [-0.15, -0.1) is 24.0 Å². The van der Waals surface area contributed by atoms with Gasteiger partial charge < -0.3 is 30.1 Å². The molecule has 8 nitrogen and oxygen atoms in total. The molecule has 1 rings (SSSR count). The standard InChI is InChI=1S/C18H36N4O4.HI/c1-5-19-16(20-10-13-23)22-11-7-15(8-12-22)25-14-6-9-21-17(24)26-18(2,3)4;/h15,23H,5-14H2,1-4H3,(H,19,20)(H,21,24);1H. The number of piperidine rings is 1. The van der Waals surface area contributed by atoms with E-state index in [9.17, 15) is 4.79 Å². The van der Waals surface area contributed by atoms with Crippen LogP contribution in [0.1, 0.15) is 47.0 Å². The average Bonchev–Trinajstić information content (AvgIpc) is 2.57. The zero-order valence-electron chi connectivity index (χ0n) is 17.1. The lowest BCUT2D eigenvalue weighted by molar-refractivity contribution is 0.0170. The first-order chi connectivity index (χ1) is 12.4. The molecule has 0 aromatic rings. The molecular formula is C18H37IN4O4. The third kappa shape index (κ3) is 12.3. The molecule has 1 heterocycles. The number of amides is 1. The Hall–Kier alpha value is -0.810. The van der Waals surface area contributed by atoms with Gasteiger partial charge >= 0.3 is 6.09 Å². The first kappa shape index (κ1) is 26.2. The Morgan fingerprint density at radius 2 is 1.93 bits per heavy atom. The lowest BCUT2D eigenvalue weighted by Gasteiger charge is -2.34. The zero-order valence-corrected chi connectivity index (χ0v) is 19.5. The van der Waals surface area contributed by atoms with Crippen molar-refractivity contribution in [3.63, 3.8) is 0 Å². The minimum absolute atomic E-state index is 0. The molecule has 0 aliphatic carbocycles. The largest absolute Gasteiger partial charge is 0.444 e. The Labute approximate surface area is 180 Å². The highest BCUT2D eigenvalue weighted by molar-refractivity contribution is 14.0. The number of hydrogen-bond acceptors (Lipinski definition) is 5. The highest BCUT2D eigenvalue weighted by Gasteiger charge is 2.22. The summed E-state index contributed by atoms with van der Waals surface area (Å²) in [5.41, 5.74) is -0.472. The highest BCUT2D eigenvalue weighted by Crippen LogP contribution is 2.14. The Morgan fingerprint density at radius 1 is 1.26 bits per heavy atom. The van der Waals surface area contributed by atoms with Crippen molar-refractivity contribution in [3.05, 3.63) is 0 Å². The number of nitrogens with one attached hydrogen (secondary N) is 2. The summed E-state index contributed by atoms with van der Waals surface area (Å²) in [6.07, 6.45) is 2.52. The molecule has 27 heavy (non-hydrogen) atoms. The maximum absolute atomic E-state index is 11.5. The van der Waals surface area contributed by atoms with Crippen LogP contribution in [0.5, 0.6) is 0 Å². The Bertz CT molecular complexity index is 436. The minimum atomic E-state index is -0.472. The van der Waals surface area contributed by atoms with Crippen molar-refractivity contribution in [1.29, 1.82) is 0 Å². The van der Waals surface area contributed by atoms with E-state index < -0.39 is 5.60 Å². The number of guanidine groups is 1. The minimum Gasteiger partial charge on any atom is -0.444 e. The van der Waals surface area contributed by atoms with Gasteiger partial charge in [0.2, 0.25) is 0 Å². The number of nitrogens with zero attached hydrogens (tertiary/aromatic N) is 2. The number of carbonyl (C=O) groups is 1. The summed E-state index contributed by atoms with van der Waals surface area (Å²) in [6.45, 7) is 11.8. The molecule has 1 fully saturated rings. The van der Waals surface area contributed by atoms with Crippen molar-refractivity contribution in [3.8, 4) is 0 Å². The topological polar surface area (TPSA) is 95.4 Å². The third-order valence-corrected chi connectivity index (χ3v) is 3.78. The van der Waals surface area contributed by atoms with Gasteiger partial charge in [0.05, 0.1) is 19.3 Å². The van der Waals surface area contributed by atoms with E-state index in [4.69, 9.17) is 14.6 Å². The van der Waals surface area contributed by atoms with Gasteiger partial charge in [0.1, 0.15) is 5.60 Å². The van der Waals surface area contributed by atoms with Crippen LogP contribution in [0.2, 0.25) is 0 Å². The molecule has 0 radical (unpaired) electrons. The number of rotatable bonds is 8. The van der Waals surface area contributed by atoms with E-state index in [1.807, 2.05) is 27.7 Å². The van der Waals surface area contributed by atoms with Crippen molar-refractivity contribution in [2.75, 3.05) is 45.9 Å². The van der Waals surface area contributed by atoms with Crippen molar-refractivity contribution in [2.24, 2.45) is 4.99 Å². The molecule has 0 aromatic carbocycles. The van der Waals surface area contributed by atoms with E-state index >= 15 is 0 Å². The number of carbonyl (C=O) groups excluding carboxylic acids is 1. The predicted molar refractivity (Wildman–Crippen MR) is 118 cm³/mol. The third-order valence-electron chi connectivity index (χ3n) is 3.78. The van der Waals surface area contributed by atoms with Gasteiger partial charge in [-0.2, -0.15) is 0 Å². The molecule has 0 aromatic heterocycles. The summed E-state index contributed by atoms with van der Waals surface area (Å²) in [4.78, 5) is 18.1. The highest BCUT2D eigenvalue weighted by atomic mass is 127. The molecule has 1 aliphatic rings. The van der Waals surface area contributed by atoms with E-state index in [2.05, 4.69) is 20.5 Å². The Morgan fingerprint density at radius 3 is 2.48 bits per heavy atom. The molecule has 1 amide bonds. The molecule has 0 unspecified atom stereocenters.